The number of fused-ring (bicyclic) bond motifs is 1. The molecular weight excluding hydrogens is 172 g/mol. The second kappa shape index (κ2) is 2.51. The average Bonchev–Trinajstić information content (AvgIpc) is 2.47. The summed E-state index contributed by atoms with van der Waals surface area (Å²) in [4.78, 5) is 18.1. The third-order valence-corrected chi connectivity index (χ3v) is 1.62. The summed E-state index contributed by atoms with van der Waals surface area (Å²) in [5.74, 6) is -1.37. The molecule has 2 rings (SSSR count). The summed E-state index contributed by atoms with van der Waals surface area (Å²) in [6.45, 7) is 1.79. The monoisotopic (exact) mass is 178 g/mol. The fourth-order valence-corrected chi connectivity index (χ4v) is 1.01. The first-order chi connectivity index (χ1) is 6.18. The van der Waals surface area contributed by atoms with Crippen molar-refractivity contribution in [1.82, 2.24) is 19.6 Å². The number of aryl methyl sites for hydroxylation is 1. The molecule has 0 aliphatic carbocycles. The molecule has 6 nitrogen and oxygen atoms in total. The SMILES string of the molecule is Cc1cnc2cnc(C(=O)O)nn12. The molecule has 6 heteroatoms. The van der Waals surface area contributed by atoms with Crippen LogP contribution in [0.2, 0.25) is 0 Å². The smallest absolute Gasteiger partial charge is 0.375 e. The quantitative estimate of drug-likeness (QED) is 0.671. The largest absolute Gasteiger partial charge is 0.475 e. The first-order valence-electron chi connectivity index (χ1n) is 3.59. The molecule has 66 valence electrons. The van der Waals surface area contributed by atoms with Gasteiger partial charge in [-0.1, -0.05) is 0 Å². The Hall–Kier alpha value is -1.98. The molecule has 0 aliphatic rings. The van der Waals surface area contributed by atoms with Crippen LogP contribution in [0, 0.1) is 6.92 Å². The van der Waals surface area contributed by atoms with Gasteiger partial charge in [-0.25, -0.2) is 19.3 Å². The first kappa shape index (κ1) is 7.66. The molecule has 0 fully saturated rings. The number of hydrogen-bond donors (Lipinski definition) is 1. The average molecular weight is 178 g/mol. The van der Waals surface area contributed by atoms with Gasteiger partial charge in [0.1, 0.15) is 0 Å². The van der Waals surface area contributed by atoms with Crippen LogP contribution in [-0.2, 0) is 0 Å². The molecule has 0 radical (unpaired) electrons. The van der Waals surface area contributed by atoms with Gasteiger partial charge < -0.3 is 5.11 Å². The van der Waals surface area contributed by atoms with Crippen LogP contribution in [0.25, 0.3) is 5.65 Å². The van der Waals surface area contributed by atoms with E-state index in [0.717, 1.165) is 5.69 Å². The molecular formula is C7H6N4O2. The summed E-state index contributed by atoms with van der Waals surface area (Å²) in [5.41, 5.74) is 1.32. The topological polar surface area (TPSA) is 80.4 Å². The molecule has 13 heavy (non-hydrogen) atoms. The van der Waals surface area contributed by atoms with Gasteiger partial charge in [0.05, 0.1) is 18.1 Å². The van der Waals surface area contributed by atoms with Crippen LogP contribution in [0.1, 0.15) is 16.3 Å². The highest BCUT2D eigenvalue weighted by molar-refractivity contribution is 5.82. The molecule has 0 unspecified atom stereocenters. The van der Waals surface area contributed by atoms with E-state index < -0.39 is 5.97 Å². The molecule has 0 atom stereocenters. The van der Waals surface area contributed by atoms with E-state index in [1.165, 1.54) is 10.7 Å². The molecule has 0 aliphatic heterocycles. The number of carboxylic acids is 1. The van der Waals surface area contributed by atoms with Crippen molar-refractivity contribution in [3.05, 3.63) is 23.9 Å². The van der Waals surface area contributed by atoms with E-state index in [1.807, 2.05) is 0 Å². The van der Waals surface area contributed by atoms with Gasteiger partial charge in [-0.15, -0.1) is 5.10 Å². The maximum atomic E-state index is 10.5. The Kier molecular flexibility index (Phi) is 1.48. The number of hydrogen-bond acceptors (Lipinski definition) is 4. The summed E-state index contributed by atoms with van der Waals surface area (Å²) in [6, 6.07) is 0. The zero-order valence-electron chi connectivity index (χ0n) is 6.80. The minimum absolute atomic E-state index is 0.228. The van der Waals surface area contributed by atoms with Crippen molar-refractivity contribution in [2.24, 2.45) is 0 Å². The van der Waals surface area contributed by atoms with Crippen molar-refractivity contribution in [3.8, 4) is 0 Å². The Labute approximate surface area is 72.9 Å². The van der Waals surface area contributed by atoms with Crippen molar-refractivity contribution in [2.45, 2.75) is 6.92 Å². The van der Waals surface area contributed by atoms with Crippen LogP contribution in [0.3, 0.4) is 0 Å². The van der Waals surface area contributed by atoms with Gasteiger partial charge in [0.15, 0.2) is 5.65 Å². The van der Waals surface area contributed by atoms with E-state index >= 15 is 0 Å². The second-order valence-corrected chi connectivity index (χ2v) is 2.56. The van der Waals surface area contributed by atoms with E-state index in [0.29, 0.717) is 5.65 Å². The first-order valence-corrected chi connectivity index (χ1v) is 3.59. The zero-order chi connectivity index (χ0) is 9.42. The lowest BCUT2D eigenvalue weighted by molar-refractivity contribution is 0.0681. The Bertz CT molecular complexity index is 476. The summed E-state index contributed by atoms with van der Waals surface area (Å²) in [6.07, 6.45) is 2.99. The Morgan fingerprint density at radius 3 is 2.92 bits per heavy atom. The van der Waals surface area contributed by atoms with Gasteiger partial charge in [-0.05, 0) is 6.92 Å². The van der Waals surface area contributed by atoms with E-state index in [4.69, 9.17) is 5.11 Å². The van der Waals surface area contributed by atoms with Gasteiger partial charge in [0.25, 0.3) is 5.82 Å². The van der Waals surface area contributed by atoms with Crippen molar-refractivity contribution in [1.29, 1.82) is 0 Å². The van der Waals surface area contributed by atoms with E-state index in [2.05, 4.69) is 15.1 Å². The molecule has 0 spiro atoms. The van der Waals surface area contributed by atoms with Gasteiger partial charge in [0, 0.05) is 0 Å². The van der Waals surface area contributed by atoms with Crippen LogP contribution in [-0.4, -0.2) is 30.7 Å². The predicted molar refractivity (Wildman–Crippen MR) is 42.5 cm³/mol. The van der Waals surface area contributed by atoms with E-state index in [1.54, 1.807) is 13.1 Å². The highest BCUT2D eigenvalue weighted by Gasteiger charge is 2.08. The van der Waals surface area contributed by atoms with Crippen molar-refractivity contribution in [3.63, 3.8) is 0 Å². The summed E-state index contributed by atoms with van der Waals surface area (Å²) in [5, 5.41) is 12.4. The summed E-state index contributed by atoms with van der Waals surface area (Å²) >= 11 is 0. The number of imidazole rings is 1. The Morgan fingerprint density at radius 1 is 1.46 bits per heavy atom. The van der Waals surface area contributed by atoms with Crippen LogP contribution < -0.4 is 0 Å². The van der Waals surface area contributed by atoms with Crippen LogP contribution >= 0.6 is 0 Å². The number of rotatable bonds is 1. The maximum absolute atomic E-state index is 10.5. The third kappa shape index (κ3) is 1.12. The Balaban J connectivity index is 2.72. The molecule has 1 N–H and O–H groups in total. The lowest BCUT2D eigenvalue weighted by atomic mass is 10.5. The van der Waals surface area contributed by atoms with E-state index in [-0.39, 0.29) is 5.82 Å². The van der Waals surface area contributed by atoms with Gasteiger partial charge in [-0.3, -0.25) is 0 Å². The molecule has 0 bridgehead atoms. The fraction of sp³-hybridized carbons (Fsp3) is 0.143. The van der Waals surface area contributed by atoms with Gasteiger partial charge in [-0.2, -0.15) is 0 Å². The van der Waals surface area contributed by atoms with E-state index in [9.17, 15) is 4.79 Å². The normalized spacial score (nSPS) is 10.5. The Morgan fingerprint density at radius 2 is 2.23 bits per heavy atom. The minimum Gasteiger partial charge on any atom is -0.475 e. The summed E-state index contributed by atoms with van der Waals surface area (Å²) < 4.78 is 1.44. The minimum atomic E-state index is -1.14. The zero-order valence-corrected chi connectivity index (χ0v) is 6.80. The molecule has 2 aromatic heterocycles. The lowest BCUT2D eigenvalue weighted by Crippen LogP contribution is -2.08. The van der Waals surface area contributed by atoms with Crippen LogP contribution in [0.4, 0.5) is 0 Å². The van der Waals surface area contributed by atoms with Crippen molar-refractivity contribution >= 4 is 11.6 Å². The standard InChI is InChI=1S/C7H6N4O2/c1-4-2-8-5-3-9-6(7(12)13)10-11(4)5/h2-3H,1H3,(H,12,13). The predicted octanol–water partition coefficient (Wildman–Crippen LogP) is 0.131. The van der Waals surface area contributed by atoms with Crippen molar-refractivity contribution < 1.29 is 9.90 Å². The lowest BCUT2D eigenvalue weighted by Gasteiger charge is -1.95. The van der Waals surface area contributed by atoms with Crippen LogP contribution in [0.5, 0.6) is 0 Å². The molecule has 2 aromatic rings. The number of aromatic nitrogens is 4. The van der Waals surface area contributed by atoms with Gasteiger partial charge >= 0.3 is 5.97 Å². The highest BCUT2D eigenvalue weighted by Crippen LogP contribution is 2.01. The molecule has 0 saturated heterocycles. The van der Waals surface area contributed by atoms with Crippen LogP contribution in [0.15, 0.2) is 12.4 Å². The maximum Gasteiger partial charge on any atom is 0.375 e. The number of carboxylic acid groups (broad SMARTS) is 1. The molecule has 0 amide bonds. The molecule has 0 saturated carbocycles. The molecule has 2 heterocycles. The van der Waals surface area contributed by atoms with Crippen molar-refractivity contribution in [2.75, 3.05) is 0 Å². The molecule has 0 aromatic carbocycles. The fourth-order valence-electron chi connectivity index (χ4n) is 1.01. The summed E-state index contributed by atoms with van der Waals surface area (Å²) in [7, 11) is 0. The number of nitrogens with zero attached hydrogens (tertiary/aromatic N) is 4. The number of aromatic carboxylic acids is 1. The third-order valence-electron chi connectivity index (χ3n) is 1.62. The van der Waals surface area contributed by atoms with Gasteiger partial charge in [0.2, 0.25) is 0 Å². The second-order valence-electron chi connectivity index (χ2n) is 2.56. The highest BCUT2D eigenvalue weighted by atomic mass is 16.4. The number of carbonyl (C=O) groups is 1.